The fourth-order valence-corrected chi connectivity index (χ4v) is 1.10. The summed E-state index contributed by atoms with van der Waals surface area (Å²) in [6.45, 7) is 2.66. The Labute approximate surface area is 104 Å². The topological polar surface area (TPSA) is 133 Å². The Morgan fingerprint density at radius 2 is 1.78 bits per heavy atom. The number of rotatable bonds is 6. The first-order valence-corrected chi connectivity index (χ1v) is 5.14. The van der Waals surface area contributed by atoms with Crippen LogP contribution in [0.3, 0.4) is 0 Å². The van der Waals surface area contributed by atoms with Crippen molar-refractivity contribution in [3.05, 3.63) is 0 Å². The van der Waals surface area contributed by atoms with Gasteiger partial charge in [-0.3, -0.25) is 19.2 Å². The summed E-state index contributed by atoms with van der Waals surface area (Å²) in [5.74, 6) is -4.50. The van der Waals surface area contributed by atoms with Gasteiger partial charge in [0.15, 0.2) is 11.7 Å². The lowest BCUT2D eigenvalue weighted by molar-refractivity contribution is -0.150. The summed E-state index contributed by atoms with van der Waals surface area (Å²) in [6, 6.07) is 0. The second kappa shape index (κ2) is 10.2. The third kappa shape index (κ3) is 7.34. The molecule has 18 heavy (non-hydrogen) atoms. The minimum Gasteiger partial charge on any atom is -0.483 e. The second-order valence-corrected chi connectivity index (χ2v) is 3.25. The minimum atomic E-state index is -1.62. The molecule has 0 aromatic carbocycles. The molecule has 0 aliphatic rings. The minimum absolute atomic E-state index is 0.250. The number of nitrogens with one attached hydrogen (secondary N) is 2. The number of amides is 1. The van der Waals surface area contributed by atoms with Gasteiger partial charge in [-0.2, -0.15) is 0 Å². The Kier molecular flexibility index (Phi) is 10.4. The molecular formula is C10H18N2O6. The highest BCUT2D eigenvalue weighted by Gasteiger charge is 2.31. The molecule has 1 amide bonds. The molecule has 0 aliphatic carbocycles. The van der Waals surface area contributed by atoms with Crippen molar-refractivity contribution < 1.29 is 29.4 Å². The molecule has 0 saturated carbocycles. The Balaban J connectivity index is 0. The predicted octanol–water partition coefficient (Wildman–Crippen LogP) is -0.951. The van der Waals surface area contributed by atoms with Crippen LogP contribution in [0.2, 0.25) is 0 Å². The Bertz CT molecular complexity index is 287. The molecular weight excluding hydrogens is 244 g/mol. The van der Waals surface area contributed by atoms with Crippen molar-refractivity contribution >= 4 is 24.1 Å². The van der Waals surface area contributed by atoms with Crippen molar-refractivity contribution in [2.24, 2.45) is 5.92 Å². The van der Waals surface area contributed by atoms with E-state index in [1.165, 1.54) is 0 Å². The number of ketones is 1. The van der Waals surface area contributed by atoms with Crippen molar-refractivity contribution in [3.8, 4) is 0 Å². The highest BCUT2D eigenvalue weighted by Crippen LogP contribution is 2.00. The maximum atomic E-state index is 11.4. The number of hydrogen-bond acceptors (Lipinski definition) is 5. The van der Waals surface area contributed by atoms with Gasteiger partial charge in [0.05, 0.1) is 6.17 Å². The van der Waals surface area contributed by atoms with Crippen LogP contribution in [0.4, 0.5) is 0 Å². The number of carboxylic acid groups (broad SMARTS) is 2. The zero-order chi connectivity index (χ0) is 14.7. The lowest BCUT2D eigenvalue weighted by Gasteiger charge is -2.17. The average Bonchev–Trinajstić information content (AvgIpc) is 2.25. The van der Waals surface area contributed by atoms with Crippen LogP contribution in [0.5, 0.6) is 0 Å². The van der Waals surface area contributed by atoms with Gasteiger partial charge in [-0.15, -0.1) is 0 Å². The molecule has 0 aliphatic heterocycles. The summed E-state index contributed by atoms with van der Waals surface area (Å²) in [4.78, 5) is 41.3. The van der Waals surface area contributed by atoms with E-state index in [2.05, 4.69) is 10.6 Å². The molecule has 0 aromatic heterocycles. The van der Waals surface area contributed by atoms with Crippen LogP contribution in [0.1, 0.15) is 20.3 Å². The fraction of sp³-hybridized carbons (Fsp3) is 0.600. The SMILES string of the molecule is CCC(NC)NC(=O)C(C(C)=O)C(=O)O.O=CO. The first kappa shape index (κ1) is 18.4. The number of Topliss-reactive ketones (excluding diaryl/α,β-unsaturated/α-hetero) is 1. The largest absolute Gasteiger partial charge is 0.483 e. The molecule has 0 spiro atoms. The highest BCUT2D eigenvalue weighted by atomic mass is 16.4. The molecule has 2 unspecified atom stereocenters. The predicted molar refractivity (Wildman–Crippen MR) is 61.8 cm³/mol. The van der Waals surface area contributed by atoms with E-state index >= 15 is 0 Å². The van der Waals surface area contributed by atoms with E-state index in [0.717, 1.165) is 6.92 Å². The number of hydrogen-bond donors (Lipinski definition) is 4. The highest BCUT2D eigenvalue weighted by molar-refractivity contribution is 6.15. The van der Waals surface area contributed by atoms with E-state index in [1.807, 2.05) is 6.92 Å². The Hall–Kier alpha value is -1.96. The first-order valence-electron chi connectivity index (χ1n) is 5.14. The molecule has 0 saturated heterocycles. The van der Waals surface area contributed by atoms with Crippen LogP contribution in [0.25, 0.3) is 0 Å². The maximum Gasteiger partial charge on any atom is 0.323 e. The lowest BCUT2D eigenvalue weighted by atomic mass is 10.0. The summed E-state index contributed by atoms with van der Waals surface area (Å²) >= 11 is 0. The van der Waals surface area contributed by atoms with Crippen LogP contribution in [0, 0.1) is 5.92 Å². The molecule has 0 aromatic rings. The standard InChI is InChI=1S/C9H16N2O4.CH2O2/c1-4-6(10-3)11-8(13)7(5(2)12)9(14)15;2-1-3/h6-7,10H,4H2,1-3H3,(H,11,13)(H,14,15);1H,(H,2,3). The normalized spacial score (nSPS) is 12.4. The molecule has 4 N–H and O–H groups in total. The third-order valence-electron chi connectivity index (χ3n) is 1.99. The molecule has 8 heteroatoms. The molecule has 0 rings (SSSR count). The van der Waals surface area contributed by atoms with Crippen molar-refractivity contribution in [3.63, 3.8) is 0 Å². The molecule has 0 heterocycles. The van der Waals surface area contributed by atoms with Gasteiger partial charge in [-0.25, -0.2) is 0 Å². The zero-order valence-corrected chi connectivity index (χ0v) is 10.5. The van der Waals surface area contributed by atoms with Crippen LogP contribution < -0.4 is 10.6 Å². The van der Waals surface area contributed by atoms with Gasteiger partial charge in [0.1, 0.15) is 0 Å². The maximum absolute atomic E-state index is 11.4. The van der Waals surface area contributed by atoms with Gasteiger partial charge in [-0.05, 0) is 20.4 Å². The smallest absolute Gasteiger partial charge is 0.323 e. The van der Waals surface area contributed by atoms with Gasteiger partial charge in [0.2, 0.25) is 5.91 Å². The van der Waals surface area contributed by atoms with Crippen molar-refractivity contribution in [1.29, 1.82) is 0 Å². The molecule has 0 radical (unpaired) electrons. The van der Waals surface area contributed by atoms with Crippen LogP contribution in [-0.2, 0) is 19.2 Å². The van der Waals surface area contributed by atoms with Crippen molar-refractivity contribution in [2.45, 2.75) is 26.4 Å². The fourth-order valence-electron chi connectivity index (χ4n) is 1.10. The zero-order valence-electron chi connectivity index (χ0n) is 10.5. The molecule has 0 fully saturated rings. The third-order valence-corrected chi connectivity index (χ3v) is 1.99. The summed E-state index contributed by atoms with van der Waals surface area (Å²) in [5.41, 5.74) is 0. The van der Waals surface area contributed by atoms with Crippen LogP contribution >= 0.6 is 0 Å². The molecule has 0 bridgehead atoms. The van der Waals surface area contributed by atoms with Gasteiger partial charge >= 0.3 is 5.97 Å². The van der Waals surface area contributed by atoms with E-state index in [9.17, 15) is 14.4 Å². The second-order valence-electron chi connectivity index (χ2n) is 3.25. The van der Waals surface area contributed by atoms with Crippen molar-refractivity contribution in [1.82, 2.24) is 10.6 Å². The molecule has 104 valence electrons. The quantitative estimate of drug-likeness (QED) is 0.275. The van der Waals surface area contributed by atoms with E-state index in [0.29, 0.717) is 6.42 Å². The summed E-state index contributed by atoms with van der Waals surface area (Å²) in [6.07, 6.45) is 0.283. The first-order chi connectivity index (χ1) is 8.35. The van der Waals surface area contributed by atoms with E-state index in [4.69, 9.17) is 15.0 Å². The average molecular weight is 262 g/mol. The Morgan fingerprint density at radius 1 is 1.33 bits per heavy atom. The van der Waals surface area contributed by atoms with E-state index in [-0.39, 0.29) is 12.6 Å². The number of carbonyl (C=O) groups excluding carboxylic acids is 2. The Morgan fingerprint density at radius 3 is 2.00 bits per heavy atom. The van der Waals surface area contributed by atoms with E-state index in [1.54, 1.807) is 7.05 Å². The molecule has 2 atom stereocenters. The lowest BCUT2D eigenvalue weighted by Crippen LogP contribution is -2.48. The van der Waals surface area contributed by atoms with Crippen molar-refractivity contribution in [2.75, 3.05) is 7.05 Å². The van der Waals surface area contributed by atoms with Crippen LogP contribution in [-0.4, -0.2) is 47.6 Å². The molecule has 8 nitrogen and oxygen atoms in total. The van der Waals surface area contributed by atoms with Crippen LogP contribution in [0.15, 0.2) is 0 Å². The number of carbonyl (C=O) groups is 4. The van der Waals surface area contributed by atoms with E-state index < -0.39 is 23.6 Å². The van der Waals surface area contributed by atoms with Gasteiger partial charge in [0.25, 0.3) is 6.47 Å². The van der Waals surface area contributed by atoms with Gasteiger partial charge in [-0.1, -0.05) is 6.92 Å². The number of carboxylic acids is 1. The van der Waals surface area contributed by atoms with Gasteiger partial charge < -0.3 is 20.8 Å². The summed E-state index contributed by atoms with van der Waals surface area (Å²) in [5, 5.41) is 20.8. The summed E-state index contributed by atoms with van der Waals surface area (Å²) < 4.78 is 0. The number of aliphatic carboxylic acids is 1. The monoisotopic (exact) mass is 262 g/mol. The van der Waals surface area contributed by atoms with Gasteiger partial charge in [0, 0.05) is 0 Å². The summed E-state index contributed by atoms with van der Waals surface area (Å²) in [7, 11) is 1.64.